The number of hydrogen-bond donors (Lipinski definition) is 1. The molecule has 1 heterocycles. The molecule has 1 N–H and O–H groups in total. The second-order valence-electron chi connectivity index (χ2n) is 7.71. The molecule has 0 saturated carbocycles. The number of fused-ring (bicyclic) bond motifs is 1. The van der Waals surface area contributed by atoms with E-state index in [1.165, 1.54) is 17.9 Å². The number of methoxy groups -OCH3 is 1. The molecule has 0 unspecified atom stereocenters. The summed E-state index contributed by atoms with van der Waals surface area (Å²) in [5, 5.41) is 10.6. The van der Waals surface area contributed by atoms with Gasteiger partial charge in [-0.15, -0.1) is 0 Å². The Balaban J connectivity index is 1.60. The molecule has 3 aromatic carbocycles. The summed E-state index contributed by atoms with van der Waals surface area (Å²) in [6, 6.07) is 18.4. The normalized spacial score (nSPS) is 11.1. The first-order valence-electron chi connectivity index (χ1n) is 10.1. The van der Waals surface area contributed by atoms with Gasteiger partial charge >= 0.3 is 0 Å². The second kappa shape index (κ2) is 8.56. The van der Waals surface area contributed by atoms with E-state index in [1.807, 2.05) is 12.1 Å². The Bertz CT molecular complexity index is 1250. The summed E-state index contributed by atoms with van der Waals surface area (Å²) in [5.41, 5.74) is 3.29. The Morgan fingerprint density at radius 3 is 2.32 bits per heavy atom. The van der Waals surface area contributed by atoms with Gasteiger partial charge in [-0.3, -0.25) is 4.79 Å². The van der Waals surface area contributed by atoms with Gasteiger partial charge in [-0.2, -0.15) is 0 Å². The Morgan fingerprint density at radius 2 is 1.68 bits per heavy atom. The zero-order valence-electron chi connectivity index (χ0n) is 17.7. The molecular weight excluding hydrogens is 392 g/mol. The maximum Gasteiger partial charge on any atom is 0.204 e. The van der Waals surface area contributed by atoms with Gasteiger partial charge in [-0.05, 0) is 34.7 Å². The maximum atomic E-state index is 13.0. The average Bonchev–Trinajstić information content (AvgIpc) is 2.78. The molecular formula is C26H24O5. The summed E-state index contributed by atoms with van der Waals surface area (Å²) in [5.74, 6) is 1.42. The van der Waals surface area contributed by atoms with E-state index in [0.29, 0.717) is 35.2 Å². The van der Waals surface area contributed by atoms with E-state index in [4.69, 9.17) is 13.9 Å². The van der Waals surface area contributed by atoms with Crippen molar-refractivity contribution in [2.45, 2.75) is 26.4 Å². The molecule has 31 heavy (non-hydrogen) atoms. The second-order valence-corrected chi connectivity index (χ2v) is 7.71. The van der Waals surface area contributed by atoms with Gasteiger partial charge < -0.3 is 19.0 Å². The lowest BCUT2D eigenvalue weighted by Crippen LogP contribution is -2.05. The molecule has 0 radical (unpaired) electrons. The van der Waals surface area contributed by atoms with Crippen molar-refractivity contribution in [3.05, 3.63) is 88.3 Å². The number of phenolic OH excluding ortho intramolecular Hbond substituents is 1. The summed E-state index contributed by atoms with van der Waals surface area (Å²) >= 11 is 0. The smallest absolute Gasteiger partial charge is 0.204 e. The molecule has 0 aliphatic heterocycles. The minimum atomic E-state index is -0.306. The van der Waals surface area contributed by atoms with Crippen LogP contribution in [0.15, 0.2) is 76.1 Å². The Hall–Kier alpha value is -3.73. The molecule has 158 valence electrons. The van der Waals surface area contributed by atoms with Crippen LogP contribution in [0.4, 0.5) is 0 Å². The molecule has 4 rings (SSSR count). The minimum absolute atomic E-state index is 0.127. The van der Waals surface area contributed by atoms with E-state index < -0.39 is 0 Å². The third-order valence-corrected chi connectivity index (χ3v) is 5.28. The van der Waals surface area contributed by atoms with Gasteiger partial charge in [0.25, 0.3) is 0 Å². The molecule has 0 amide bonds. The molecule has 0 spiro atoms. The lowest BCUT2D eigenvalue weighted by Gasteiger charge is -2.10. The lowest BCUT2D eigenvalue weighted by atomic mass is 10.0. The van der Waals surface area contributed by atoms with Crippen LogP contribution in [-0.2, 0) is 6.61 Å². The van der Waals surface area contributed by atoms with Gasteiger partial charge in [-0.1, -0.05) is 50.2 Å². The van der Waals surface area contributed by atoms with E-state index >= 15 is 0 Å². The summed E-state index contributed by atoms with van der Waals surface area (Å²) in [6.45, 7) is 4.64. The van der Waals surface area contributed by atoms with Crippen LogP contribution in [-0.4, -0.2) is 12.2 Å². The predicted molar refractivity (Wildman–Crippen MR) is 121 cm³/mol. The average molecular weight is 416 g/mol. The van der Waals surface area contributed by atoms with Crippen LogP contribution in [0, 0.1) is 0 Å². The van der Waals surface area contributed by atoms with E-state index in [2.05, 4.69) is 26.0 Å². The Morgan fingerprint density at radius 1 is 0.968 bits per heavy atom. The topological polar surface area (TPSA) is 68.9 Å². The summed E-state index contributed by atoms with van der Waals surface area (Å²) in [7, 11) is 1.58. The highest BCUT2D eigenvalue weighted by atomic mass is 16.5. The van der Waals surface area contributed by atoms with Crippen molar-refractivity contribution < 1.29 is 19.0 Å². The zero-order chi connectivity index (χ0) is 22.0. The maximum absolute atomic E-state index is 13.0. The molecule has 5 heteroatoms. The van der Waals surface area contributed by atoms with E-state index in [9.17, 15) is 9.90 Å². The van der Waals surface area contributed by atoms with Gasteiger partial charge in [-0.25, -0.2) is 0 Å². The Labute approximate surface area is 180 Å². The van der Waals surface area contributed by atoms with Crippen LogP contribution < -0.4 is 14.9 Å². The fourth-order valence-corrected chi connectivity index (χ4v) is 3.43. The van der Waals surface area contributed by atoms with Crippen LogP contribution >= 0.6 is 0 Å². The number of benzene rings is 3. The van der Waals surface area contributed by atoms with Crippen LogP contribution in [0.1, 0.15) is 30.9 Å². The monoisotopic (exact) mass is 416 g/mol. The van der Waals surface area contributed by atoms with Crippen LogP contribution in [0.25, 0.3) is 22.1 Å². The van der Waals surface area contributed by atoms with Gasteiger partial charge in [0.15, 0.2) is 0 Å². The molecule has 4 aromatic rings. The van der Waals surface area contributed by atoms with Crippen molar-refractivity contribution in [1.29, 1.82) is 0 Å². The van der Waals surface area contributed by atoms with Gasteiger partial charge in [0.05, 0.1) is 12.7 Å². The molecule has 0 bridgehead atoms. The standard InChI is InChI=1S/C26H24O5/c1-16(2)18-6-4-17(5-7-18)14-30-21-12-23(27)25-24(13-21)31-15-22(26(25)28)19-8-10-20(29-3)11-9-19/h4-13,15-16,27H,14H2,1-3H3. The van der Waals surface area contributed by atoms with Gasteiger partial charge in [0.1, 0.15) is 41.1 Å². The highest BCUT2D eigenvalue weighted by molar-refractivity contribution is 5.88. The van der Waals surface area contributed by atoms with E-state index in [1.54, 1.807) is 37.4 Å². The van der Waals surface area contributed by atoms with E-state index in [-0.39, 0.29) is 22.1 Å². The van der Waals surface area contributed by atoms with Gasteiger partial charge in [0, 0.05) is 12.1 Å². The van der Waals surface area contributed by atoms with Crippen LogP contribution in [0.2, 0.25) is 0 Å². The first-order valence-corrected chi connectivity index (χ1v) is 10.1. The molecule has 0 atom stereocenters. The third kappa shape index (κ3) is 4.26. The third-order valence-electron chi connectivity index (χ3n) is 5.28. The lowest BCUT2D eigenvalue weighted by molar-refractivity contribution is 0.304. The zero-order valence-corrected chi connectivity index (χ0v) is 17.7. The highest BCUT2D eigenvalue weighted by Gasteiger charge is 2.15. The van der Waals surface area contributed by atoms with Crippen molar-refractivity contribution in [3.63, 3.8) is 0 Å². The largest absolute Gasteiger partial charge is 0.507 e. The predicted octanol–water partition coefficient (Wildman–Crippen LogP) is 5.88. The molecule has 0 aliphatic carbocycles. The molecule has 0 aliphatic rings. The highest BCUT2D eigenvalue weighted by Crippen LogP contribution is 2.31. The fraction of sp³-hybridized carbons (Fsp3) is 0.192. The summed E-state index contributed by atoms with van der Waals surface area (Å²) in [6.07, 6.45) is 1.40. The van der Waals surface area contributed by atoms with Crippen molar-refractivity contribution in [2.75, 3.05) is 7.11 Å². The number of ether oxygens (including phenoxy) is 2. The van der Waals surface area contributed by atoms with Crippen molar-refractivity contribution in [2.24, 2.45) is 0 Å². The number of phenols is 1. The molecule has 5 nitrogen and oxygen atoms in total. The summed E-state index contributed by atoms with van der Waals surface area (Å²) < 4.78 is 16.7. The quantitative estimate of drug-likeness (QED) is 0.425. The van der Waals surface area contributed by atoms with Crippen molar-refractivity contribution in [1.82, 2.24) is 0 Å². The summed E-state index contributed by atoms with van der Waals surface area (Å²) in [4.78, 5) is 13.0. The first-order chi connectivity index (χ1) is 15.0. The molecule has 0 fully saturated rings. The SMILES string of the molecule is COc1ccc(-c2coc3cc(OCc4ccc(C(C)C)cc4)cc(O)c3c2=O)cc1. The minimum Gasteiger partial charge on any atom is -0.507 e. The molecule has 1 aromatic heterocycles. The van der Waals surface area contributed by atoms with Crippen LogP contribution in [0.5, 0.6) is 17.2 Å². The van der Waals surface area contributed by atoms with Crippen molar-refractivity contribution in [3.8, 4) is 28.4 Å². The van der Waals surface area contributed by atoms with E-state index in [0.717, 1.165) is 5.56 Å². The number of aromatic hydroxyl groups is 1. The number of rotatable bonds is 6. The fourth-order valence-electron chi connectivity index (χ4n) is 3.43. The Kier molecular flexibility index (Phi) is 5.67. The van der Waals surface area contributed by atoms with Gasteiger partial charge in [0.2, 0.25) is 5.43 Å². The van der Waals surface area contributed by atoms with Crippen molar-refractivity contribution >= 4 is 11.0 Å². The van der Waals surface area contributed by atoms with Crippen LogP contribution in [0.3, 0.4) is 0 Å². The number of hydrogen-bond acceptors (Lipinski definition) is 5. The first kappa shape index (κ1) is 20.5. The molecule has 0 saturated heterocycles.